The van der Waals surface area contributed by atoms with Crippen LogP contribution in [-0.4, -0.2) is 40.7 Å². The van der Waals surface area contributed by atoms with Crippen LogP contribution in [0.2, 0.25) is 0 Å². The fourth-order valence-electron chi connectivity index (χ4n) is 3.39. The van der Waals surface area contributed by atoms with E-state index in [-0.39, 0.29) is 12.0 Å². The predicted octanol–water partition coefficient (Wildman–Crippen LogP) is 4.64. The zero-order chi connectivity index (χ0) is 18.6. The molecule has 1 aliphatic heterocycles. The Bertz CT molecular complexity index is 960. The van der Waals surface area contributed by atoms with Crippen LogP contribution in [0.3, 0.4) is 0 Å². The quantitative estimate of drug-likeness (QED) is 0.607. The number of para-hydroxylation sites is 1. The number of ether oxygens (including phenoxy) is 1. The van der Waals surface area contributed by atoms with Gasteiger partial charge >= 0.3 is 0 Å². The van der Waals surface area contributed by atoms with Crippen molar-refractivity contribution in [2.75, 3.05) is 18.8 Å². The van der Waals surface area contributed by atoms with Crippen LogP contribution >= 0.6 is 11.8 Å². The van der Waals surface area contributed by atoms with Gasteiger partial charge in [-0.2, -0.15) is 0 Å². The lowest BCUT2D eigenvalue weighted by Crippen LogP contribution is -2.31. The minimum atomic E-state index is -0.0198. The molecule has 3 aromatic rings. The van der Waals surface area contributed by atoms with Crippen LogP contribution in [-0.2, 0) is 0 Å². The minimum Gasteiger partial charge on any atom is -0.472 e. The first-order valence-electron chi connectivity index (χ1n) is 9.28. The van der Waals surface area contributed by atoms with Crippen molar-refractivity contribution in [3.8, 4) is 5.88 Å². The summed E-state index contributed by atoms with van der Waals surface area (Å²) in [5.74, 6) is 1.66. The minimum absolute atomic E-state index is 0.0198. The summed E-state index contributed by atoms with van der Waals surface area (Å²) in [5, 5.41) is 1.10. The van der Waals surface area contributed by atoms with Gasteiger partial charge in [-0.25, -0.2) is 4.98 Å². The fourth-order valence-corrected chi connectivity index (χ4v) is 4.18. The van der Waals surface area contributed by atoms with Crippen molar-refractivity contribution in [1.82, 2.24) is 9.88 Å². The summed E-state index contributed by atoms with van der Waals surface area (Å²) in [6.07, 6.45) is 0.803. The van der Waals surface area contributed by atoms with Crippen LogP contribution in [0, 0.1) is 0 Å². The summed E-state index contributed by atoms with van der Waals surface area (Å²) < 4.78 is 6.07. The van der Waals surface area contributed by atoms with Gasteiger partial charge in [-0.3, -0.25) is 4.79 Å². The Balaban J connectivity index is 1.44. The molecule has 0 radical (unpaired) electrons. The number of carbonyl (C=O) groups is 1. The Hall–Kier alpha value is -2.53. The van der Waals surface area contributed by atoms with E-state index in [9.17, 15) is 4.79 Å². The maximum Gasteiger partial charge on any atom is 0.255 e. The van der Waals surface area contributed by atoms with Gasteiger partial charge in [0.05, 0.1) is 17.6 Å². The molecule has 2 aromatic carbocycles. The van der Waals surface area contributed by atoms with Crippen molar-refractivity contribution in [2.24, 2.45) is 0 Å². The molecule has 4 rings (SSSR count). The van der Waals surface area contributed by atoms with Crippen LogP contribution in [0.1, 0.15) is 23.7 Å². The molecular formula is C22H22N2O2S. The van der Waals surface area contributed by atoms with Gasteiger partial charge in [0.15, 0.2) is 0 Å². The third-order valence-electron chi connectivity index (χ3n) is 4.71. The second-order valence-electron chi connectivity index (χ2n) is 6.55. The molecule has 1 unspecified atom stereocenters. The molecule has 1 fully saturated rings. The summed E-state index contributed by atoms with van der Waals surface area (Å²) in [5.41, 5.74) is 1.71. The SMILES string of the molecule is CCSc1ccccc1C(=O)N1CCC(Oc2ccc3ccccc3n2)C1. The maximum atomic E-state index is 13.0. The Kier molecular flexibility index (Phi) is 5.30. The number of pyridine rings is 1. The Labute approximate surface area is 163 Å². The van der Waals surface area contributed by atoms with Crippen molar-refractivity contribution >= 4 is 28.6 Å². The number of hydrogen-bond donors (Lipinski definition) is 0. The van der Waals surface area contributed by atoms with Gasteiger partial charge in [0.25, 0.3) is 5.91 Å². The van der Waals surface area contributed by atoms with Crippen LogP contribution in [0.5, 0.6) is 5.88 Å². The number of aromatic nitrogens is 1. The number of nitrogens with zero attached hydrogens (tertiary/aromatic N) is 2. The number of rotatable bonds is 5. The molecule has 1 atom stereocenters. The number of thioether (sulfide) groups is 1. The lowest BCUT2D eigenvalue weighted by Gasteiger charge is -2.18. The highest BCUT2D eigenvalue weighted by Crippen LogP contribution is 2.26. The van der Waals surface area contributed by atoms with E-state index in [1.54, 1.807) is 11.8 Å². The normalized spacial score (nSPS) is 16.6. The van der Waals surface area contributed by atoms with Crippen LogP contribution in [0.15, 0.2) is 65.6 Å². The van der Waals surface area contributed by atoms with E-state index in [0.29, 0.717) is 19.0 Å². The van der Waals surface area contributed by atoms with E-state index in [1.165, 1.54) is 0 Å². The molecule has 27 heavy (non-hydrogen) atoms. The van der Waals surface area contributed by atoms with E-state index in [4.69, 9.17) is 4.74 Å². The van der Waals surface area contributed by atoms with Gasteiger partial charge in [-0.1, -0.05) is 37.3 Å². The molecule has 0 aliphatic carbocycles. The number of likely N-dealkylation sites (tertiary alicyclic amines) is 1. The van der Waals surface area contributed by atoms with Crippen molar-refractivity contribution in [3.63, 3.8) is 0 Å². The first kappa shape index (κ1) is 17.9. The van der Waals surface area contributed by atoms with Crippen molar-refractivity contribution in [1.29, 1.82) is 0 Å². The van der Waals surface area contributed by atoms with Crippen molar-refractivity contribution in [3.05, 3.63) is 66.2 Å². The highest BCUT2D eigenvalue weighted by atomic mass is 32.2. The summed E-state index contributed by atoms with van der Waals surface area (Å²) in [4.78, 5) is 20.5. The molecular weight excluding hydrogens is 356 g/mol. The second kappa shape index (κ2) is 8.01. The number of fused-ring (bicyclic) bond motifs is 1. The third kappa shape index (κ3) is 3.93. The summed E-state index contributed by atoms with van der Waals surface area (Å²) in [6, 6.07) is 19.8. The molecule has 138 valence electrons. The molecule has 0 N–H and O–H groups in total. The van der Waals surface area contributed by atoms with E-state index < -0.39 is 0 Å². The standard InChI is InChI=1S/C22H22N2O2S/c1-2-27-20-10-6-4-8-18(20)22(25)24-14-13-17(15-24)26-21-12-11-16-7-3-5-9-19(16)23-21/h3-12,17H,2,13-15H2,1H3. The lowest BCUT2D eigenvalue weighted by molar-refractivity contribution is 0.0768. The van der Waals surface area contributed by atoms with Gasteiger partial charge in [0, 0.05) is 29.3 Å². The third-order valence-corrected chi connectivity index (χ3v) is 5.67. The molecule has 1 aromatic heterocycles. The topological polar surface area (TPSA) is 42.4 Å². The monoisotopic (exact) mass is 378 g/mol. The molecule has 5 heteroatoms. The fraction of sp³-hybridized carbons (Fsp3) is 0.273. The number of carbonyl (C=O) groups excluding carboxylic acids is 1. The average molecular weight is 378 g/mol. The van der Waals surface area contributed by atoms with Crippen molar-refractivity contribution in [2.45, 2.75) is 24.3 Å². The largest absolute Gasteiger partial charge is 0.472 e. The molecule has 1 aliphatic rings. The number of hydrogen-bond acceptors (Lipinski definition) is 4. The van der Waals surface area contributed by atoms with Gasteiger partial charge in [-0.05, 0) is 30.0 Å². The summed E-state index contributed by atoms with van der Waals surface area (Å²) in [7, 11) is 0. The zero-order valence-corrected chi connectivity index (χ0v) is 16.1. The van der Waals surface area contributed by atoms with Gasteiger partial charge in [0.1, 0.15) is 6.10 Å². The second-order valence-corrected chi connectivity index (χ2v) is 7.86. The molecule has 0 saturated carbocycles. The van der Waals surface area contributed by atoms with E-state index in [1.807, 2.05) is 65.6 Å². The Morgan fingerprint density at radius 1 is 1.15 bits per heavy atom. The lowest BCUT2D eigenvalue weighted by atomic mass is 10.2. The molecule has 1 saturated heterocycles. The van der Waals surface area contributed by atoms with E-state index >= 15 is 0 Å². The summed E-state index contributed by atoms with van der Waals surface area (Å²) >= 11 is 1.70. The highest BCUT2D eigenvalue weighted by Gasteiger charge is 2.29. The first-order chi connectivity index (χ1) is 13.2. The van der Waals surface area contributed by atoms with Crippen LogP contribution in [0.4, 0.5) is 0 Å². The molecule has 0 bridgehead atoms. The smallest absolute Gasteiger partial charge is 0.255 e. The van der Waals surface area contributed by atoms with Gasteiger partial charge in [0.2, 0.25) is 5.88 Å². The molecule has 4 nitrogen and oxygen atoms in total. The molecule has 0 spiro atoms. The number of benzene rings is 2. The first-order valence-corrected chi connectivity index (χ1v) is 10.3. The van der Waals surface area contributed by atoms with Crippen LogP contribution in [0.25, 0.3) is 10.9 Å². The highest BCUT2D eigenvalue weighted by molar-refractivity contribution is 7.99. The average Bonchev–Trinajstić information content (AvgIpc) is 3.16. The Morgan fingerprint density at radius 3 is 2.85 bits per heavy atom. The molecule has 2 heterocycles. The summed E-state index contributed by atoms with van der Waals surface area (Å²) in [6.45, 7) is 3.41. The molecule has 1 amide bonds. The van der Waals surface area contributed by atoms with Gasteiger partial charge in [-0.15, -0.1) is 11.8 Å². The maximum absolute atomic E-state index is 13.0. The zero-order valence-electron chi connectivity index (χ0n) is 15.3. The number of amides is 1. The predicted molar refractivity (Wildman–Crippen MR) is 110 cm³/mol. The van der Waals surface area contributed by atoms with Crippen LogP contribution < -0.4 is 4.74 Å². The van der Waals surface area contributed by atoms with Crippen molar-refractivity contribution < 1.29 is 9.53 Å². The van der Waals surface area contributed by atoms with E-state index in [0.717, 1.165) is 33.5 Å². The van der Waals surface area contributed by atoms with Gasteiger partial charge < -0.3 is 9.64 Å². The van der Waals surface area contributed by atoms with E-state index in [2.05, 4.69) is 11.9 Å². The Morgan fingerprint density at radius 2 is 1.96 bits per heavy atom.